The third-order valence-corrected chi connectivity index (χ3v) is 3.78. The third kappa shape index (κ3) is 2.82. The number of rotatable bonds is 2. The van der Waals surface area contributed by atoms with Crippen molar-refractivity contribution in [3.8, 4) is 0 Å². The average Bonchev–Trinajstić information content (AvgIpc) is 2.89. The Balaban J connectivity index is 1.90. The number of aliphatic hydroxyl groups is 1. The maximum absolute atomic E-state index is 13.1. The molecule has 5 nitrogen and oxygen atoms in total. The number of halogens is 1. The van der Waals surface area contributed by atoms with Gasteiger partial charge in [-0.05, 0) is 37.1 Å². The molecule has 1 aliphatic rings. The zero-order chi connectivity index (χ0) is 15.7. The molecule has 1 aliphatic heterocycles. The molecule has 3 rings (SSSR count). The average molecular weight is 301 g/mol. The SMILES string of the molecule is Cc1ccnc(C(=O)N2CC(O)CC2c2ccc(F)cc2)n1. The van der Waals surface area contributed by atoms with E-state index in [0.717, 1.165) is 5.56 Å². The Morgan fingerprint density at radius 1 is 1.32 bits per heavy atom. The van der Waals surface area contributed by atoms with Gasteiger partial charge in [-0.1, -0.05) is 12.1 Å². The molecule has 1 saturated heterocycles. The Morgan fingerprint density at radius 2 is 2.05 bits per heavy atom. The highest BCUT2D eigenvalue weighted by molar-refractivity contribution is 5.91. The molecule has 0 saturated carbocycles. The molecule has 0 spiro atoms. The summed E-state index contributed by atoms with van der Waals surface area (Å²) in [6.45, 7) is 2.01. The van der Waals surface area contributed by atoms with Crippen LogP contribution in [0.25, 0.3) is 0 Å². The molecule has 2 heterocycles. The van der Waals surface area contributed by atoms with Crippen molar-refractivity contribution in [2.45, 2.75) is 25.5 Å². The number of carbonyl (C=O) groups is 1. The number of amides is 1. The number of aromatic nitrogens is 2. The molecule has 22 heavy (non-hydrogen) atoms. The highest BCUT2D eigenvalue weighted by Gasteiger charge is 2.36. The topological polar surface area (TPSA) is 66.3 Å². The predicted octanol–water partition coefficient (Wildman–Crippen LogP) is 1.87. The third-order valence-electron chi connectivity index (χ3n) is 3.78. The lowest BCUT2D eigenvalue weighted by molar-refractivity contribution is 0.0703. The highest BCUT2D eigenvalue weighted by Crippen LogP contribution is 2.33. The first kappa shape index (κ1) is 14.6. The van der Waals surface area contributed by atoms with Crippen LogP contribution < -0.4 is 0 Å². The first-order chi connectivity index (χ1) is 10.5. The van der Waals surface area contributed by atoms with Crippen LogP contribution in [0.3, 0.4) is 0 Å². The van der Waals surface area contributed by atoms with Crippen LogP contribution >= 0.6 is 0 Å². The van der Waals surface area contributed by atoms with E-state index in [1.807, 2.05) is 0 Å². The lowest BCUT2D eigenvalue weighted by Gasteiger charge is -2.24. The lowest BCUT2D eigenvalue weighted by atomic mass is 10.0. The molecule has 114 valence electrons. The number of likely N-dealkylation sites (tertiary alicyclic amines) is 1. The van der Waals surface area contributed by atoms with Gasteiger partial charge in [0.25, 0.3) is 5.91 Å². The minimum Gasteiger partial charge on any atom is -0.391 e. The van der Waals surface area contributed by atoms with Crippen LogP contribution in [-0.2, 0) is 0 Å². The van der Waals surface area contributed by atoms with Gasteiger partial charge in [-0.25, -0.2) is 14.4 Å². The lowest BCUT2D eigenvalue weighted by Crippen LogP contribution is -2.33. The van der Waals surface area contributed by atoms with Crippen molar-refractivity contribution in [3.63, 3.8) is 0 Å². The number of β-amino-alcohol motifs (C(OH)–C–C–N with tert-alkyl or cyclic N) is 1. The molecule has 0 aliphatic carbocycles. The van der Waals surface area contributed by atoms with Crippen molar-refractivity contribution in [1.82, 2.24) is 14.9 Å². The number of nitrogens with zero attached hydrogens (tertiary/aromatic N) is 3. The summed E-state index contributed by atoms with van der Waals surface area (Å²) >= 11 is 0. The molecule has 2 unspecified atom stereocenters. The quantitative estimate of drug-likeness (QED) is 0.919. The summed E-state index contributed by atoms with van der Waals surface area (Å²) in [4.78, 5) is 22.3. The van der Waals surface area contributed by atoms with E-state index >= 15 is 0 Å². The zero-order valence-electron chi connectivity index (χ0n) is 12.1. The van der Waals surface area contributed by atoms with E-state index in [0.29, 0.717) is 12.1 Å². The summed E-state index contributed by atoms with van der Waals surface area (Å²) in [6, 6.07) is 7.39. The summed E-state index contributed by atoms with van der Waals surface area (Å²) in [5.74, 6) is -0.544. The van der Waals surface area contributed by atoms with Gasteiger partial charge in [0, 0.05) is 18.4 Å². The molecule has 1 fully saturated rings. The Bertz CT molecular complexity index is 690. The molecule has 1 N–H and O–H groups in total. The van der Waals surface area contributed by atoms with Crippen molar-refractivity contribution < 1.29 is 14.3 Å². The second kappa shape index (κ2) is 5.81. The molecule has 2 aromatic rings. The van der Waals surface area contributed by atoms with Crippen LogP contribution in [0.1, 0.15) is 34.3 Å². The Morgan fingerprint density at radius 3 is 2.73 bits per heavy atom. The van der Waals surface area contributed by atoms with E-state index < -0.39 is 6.10 Å². The molecule has 1 amide bonds. The van der Waals surface area contributed by atoms with Gasteiger partial charge >= 0.3 is 0 Å². The van der Waals surface area contributed by atoms with Gasteiger partial charge in [-0.15, -0.1) is 0 Å². The fraction of sp³-hybridized carbons (Fsp3) is 0.312. The first-order valence-corrected chi connectivity index (χ1v) is 7.09. The summed E-state index contributed by atoms with van der Waals surface area (Å²) < 4.78 is 13.1. The van der Waals surface area contributed by atoms with E-state index in [4.69, 9.17) is 0 Å². The van der Waals surface area contributed by atoms with Gasteiger partial charge in [-0.2, -0.15) is 0 Å². The number of hydrogen-bond donors (Lipinski definition) is 1. The molecule has 2 atom stereocenters. The normalized spacial score (nSPS) is 21.1. The van der Waals surface area contributed by atoms with Gasteiger partial charge in [0.2, 0.25) is 5.82 Å². The number of aliphatic hydroxyl groups excluding tert-OH is 1. The minimum atomic E-state index is -0.608. The van der Waals surface area contributed by atoms with Gasteiger partial charge in [0.05, 0.1) is 12.1 Å². The van der Waals surface area contributed by atoms with Crippen LogP contribution in [0.15, 0.2) is 36.5 Å². The Kier molecular flexibility index (Phi) is 3.85. The second-order valence-electron chi connectivity index (χ2n) is 5.44. The molecular weight excluding hydrogens is 285 g/mol. The molecule has 1 aromatic carbocycles. The number of benzene rings is 1. The molecule has 6 heteroatoms. The van der Waals surface area contributed by atoms with Crippen molar-refractivity contribution in [2.75, 3.05) is 6.54 Å². The minimum absolute atomic E-state index is 0.112. The van der Waals surface area contributed by atoms with E-state index in [1.165, 1.54) is 18.3 Å². The first-order valence-electron chi connectivity index (χ1n) is 7.09. The summed E-state index contributed by atoms with van der Waals surface area (Å²) in [6.07, 6.45) is 1.35. The maximum atomic E-state index is 13.1. The van der Waals surface area contributed by atoms with Crippen LogP contribution in [0.5, 0.6) is 0 Å². The van der Waals surface area contributed by atoms with Crippen LogP contribution in [0.4, 0.5) is 4.39 Å². The van der Waals surface area contributed by atoms with Crippen molar-refractivity contribution in [3.05, 3.63) is 59.4 Å². The largest absolute Gasteiger partial charge is 0.391 e. The summed E-state index contributed by atoms with van der Waals surface area (Å²) in [7, 11) is 0. The number of carbonyl (C=O) groups excluding carboxylic acids is 1. The van der Waals surface area contributed by atoms with E-state index in [-0.39, 0.29) is 30.1 Å². The molecule has 1 aromatic heterocycles. The molecule has 0 bridgehead atoms. The van der Waals surface area contributed by atoms with E-state index in [2.05, 4.69) is 9.97 Å². The number of hydrogen-bond acceptors (Lipinski definition) is 4. The van der Waals surface area contributed by atoms with Crippen LogP contribution in [0.2, 0.25) is 0 Å². The van der Waals surface area contributed by atoms with Gasteiger partial charge < -0.3 is 10.0 Å². The predicted molar refractivity (Wildman–Crippen MR) is 77.6 cm³/mol. The van der Waals surface area contributed by atoms with E-state index in [1.54, 1.807) is 30.0 Å². The van der Waals surface area contributed by atoms with Crippen molar-refractivity contribution in [1.29, 1.82) is 0 Å². The number of aryl methyl sites for hydroxylation is 1. The summed E-state index contributed by atoms with van der Waals surface area (Å²) in [5.41, 5.74) is 1.50. The van der Waals surface area contributed by atoms with Crippen molar-refractivity contribution >= 4 is 5.91 Å². The Labute approximate surface area is 127 Å². The van der Waals surface area contributed by atoms with E-state index in [9.17, 15) is 14.3 Å². The fourth-order valence-electron chi connectivity index (χ4n) is 2.72. The maximum Gasteiger partial charge on any atom is 0.292 e. The van der Waals surface area contributed by atoms with Crippen molar-refractivity contribution in [2.24, 2.45) is 0 Å². The zero-order valence-corrected chi connectivity index (χ0v) is 12.1. The summed E-state index contributed by atoms with van der Waals surface area (Å²) in [5, 5.41) is 9.93. The Hall–Kier alpha value is -2.34. The second-order valence-corrected chi connectivity index (χ2v) is 5.44. The van der Waals surface area contributed by atoms with Crippen LogP contribution in [0, 0.1) is 12.7 Å². The van der Waals surface area contributed by atoms with Gasteiger partial charge in [-0.3, -0.25) is 4.79 Å². The monoisotopic (exact) mass is 301 g/mol. The smallest absolute Gasteiger partial charge is 0.292 e. The fourth-order valence-corrected chi connectivity index (χ4v) is 2.72. The van der Waals surface area contributed by atoms with Crippen LogP contribution in [-0.4, -0.2) is 38.5 Å². The molecular formula is C16H16FN3O2. The molecule has 0 radical (unpaired) electrons. The van der Waals surface area contributed by atoms with Gasteiger partial charge in [0.15, 0.2) is 0 Å². The van der Waals surface area contributed by atoms with Gasteiger partial charge in [0.1, 0.15) is 5.82 Å². The highest BCUT2D eigenvalue weighted by atomic mass is 19.1. The standard InChI is InChI=1S/C16H16FN3O2/c1-10-6-7-18-15(19-10)16(22)20-9-13(21)8-14(20)11-2-4-12(17)5-3-11/h2-7,13-14,21H,8-9H2,1H3.